The van der Waals surface area contributed by atoms with E-state index in [2.05, 4.69) is 15.0 Å². The van der Waals surface area contributed by atoms with Gasteiger partial charge in [0.1, 0.15) is 17.4 Å². The molecular weight excluding hydrogens is 489 g/mol. The largest absolute Gasteiger partial charge is 0.508 e. The van der Waals surface area contributed by atoms with Gasteiger partial charge in [0.15, 0.2) is 0 Å². The summed E-state index contributed by atoms with van der Waals surface area (Å²) in [7, 11) is 0. The van der Waals surface area contributed by atoms with Crippen molar-refractivity contribution >= 4 is 22.7 Å². The summed E-state index contributed by atoms with van der Waals surface area (Å²) in [6.07, 6.45) is 3.32. The van der Waals surface area contributed by atoms with Gasteiger partial charge in [-0.1, -0.05) is 18.4 Å². The van der Waals surface area contributed by atoms with Crippen molar-refractivity contribution in [2.24, 2.45) is 0 Å². The quantitative estimate of drug-likeness (QED) is 0.247. The molecule has 3 aromatic rings. The molecule has 1 heterocycles. The first-order valence-corrected chi connectivity index (χ1v) is 12.1. The Morgan fingerprint density at radius 1 is 1.11 bits per heavy atom. The van der Waals surface area contributed by atoms with Gasteiger partial charge in [0.05, 0.1) is 11.7 Å². The summed E-state index contributed by atoms with van der Waals surface area (Å²) in [5.41, 5.74) is -0.217. The maximum absolute atomic E-state index is 14.6. The number of rotatable bonds is 7. The topological polar surface area (TPSA) is 77.4 Å². The van der Waals surface area contributed by atoms with Crippen molar-refractivity contribution in [2.75, 3.05) is 12.8 Å². The highest BCUT2D eigenvalue weighted by Crippen LogP contribution is 2.33. The summed E-state index contributed by atoms with van der Waals surface area (Å²) >= 11 is 1.43. The number of halogens is 5. The summed E-state index contributed by atoms with van der Waals surface area (Å²) in [5, 5.41) is 24.0. The van der Waals surface area contributed by atoms with E-state index in [1.54, 1.807) is 12.4 Å². The van der Waals surface area contributed by atoms with Crippen molar-refractivity contribution in [2.45, 2.75) is 44.1 Å². The predicted octanol–water partition coefficient (Wildman–Crippen LogP) is 5.47. The molecule has 5 nitrogen and oxygen atoms in total. The number of aromatic hydroxyl groups is 1. The molecule has 1 atom stereocenters. The number of pyridine rings is 1. The van der Waals surface area contributed by atoms with Crippen LogP contribution in [0.4, 0.5) is 22.0 Å². The van der Waals surface area contributed by atoms with Gasteiger partial charge in [0.2, 0.25) is 0 Å². The Kier molecular flexibility index (Phi) is 9.28. The molecule has 35 heavy (non-hydrogen) atoms. The van der Waals surface area contributed by atoms with Crippen molar-refractivity contribution in [3.63, 3.8) is 0 Å². The number of benzene rings is 2. The summed E-state index contributed by atoms with van der Waals surface area (Å²) in [6, 6.07) is 5.54. The average Bonchev–Trinajstić information content (AvgIpc) is 2.78. The molecule has 0 radical (unpaired) electrons. The van der Waals surface area contributed by atoms with Gasteiger partial charge in [-0.05, 0) is 60.4 Å². The molecule has 0 aliphatic heterocycles. The molecule has 190 valence electrons. The molecule has 1 aliphatic carbocycles. The summed E-state index contributed by atoms with van der Waals surface area (Å²) in [5.74, 6) is -2.27. The van der Waals surface area contributed by atoms with Crippen LogP contribution in [0.25, 0.3) is 10.8 Å². The van der Waals surface area contributed by atoms with Crippen molar-refractivity contribution in [1.82, 2.24) is 15.0 Å². The third-order valence-corrected chi connectivity index (χ3v) is 6.19. The number of nitrogens with zero attached hydrogens (tertiary/aromatic N) is 1. The number of phenols is 1. The minimum atomic E-state index is -4.76. The van der Waals surface area contributed by atoms with E-state index in [9.17, 15) is 27.1 Å². The Morgan fingerprint density at radius 3 is 2.46 bits per heavy atom. The third kappa shape index (κ3) is 7.03. The SMILES string of the molecule is CSNCC(O)c1cc(F)c(CNC2CCC2)c2ccncc12.Oc1ccc(F)c(C(F)(F)F)c1. The number of fused-ring (bicyclic) bond motifs is 1. The second kappa shape index (κ2) is 12.0. The van der Waals surface area contributed by atoms with E-state index < -0.39 is 29.4 Å². The fourth-order valence-corrected chi connectivity index (χ4v) is 3.96. The van der Waals surface area contributed by atoms with Gasteiger partial charge < -0.3 is 15.5 Å². The van der Waals surface area contributed by atoms with Crippen LogP contribution < -0.4 is 10.0 Å². The number of alkyl halides is 3. The Labute approximate surface area is 203 Å². The number of hydrogen-bond acceptors (Lipinski definition) is 6. The fourth-order valence-electron chi connectivity index (χ4n) is 3.63. The highest BCUT2D eigenvalue weighted by Gasteiger charge is 2.34. The van der Waals surface area contributed by atoms with Gasteiger partial charge in [-0.3, -0.25) is 9.71 Å². The van der Waals surface area contributed by atoms with Crippen LogP contribution in [0, 0.1) is 11.6 Å². The van der Waals surface area contributed by atoms with Gasteiger partial charge in [-0.25, -0.2) is 8.78 Å². The van der Waals surface area contributed by atoms with Crippen LogP contribution in [0.2, 0.25) is 0 Å². The zero-order valence-electron chi connectivity index (χ0n) is 18.9. The van der Waals surface area contributed by atoms with Crippen molar-refractivity contribution in [3.8, 4) is 5.75 Å². The van der Waals surface area contributed by atoms with Crippen LogP contribution in [-0.4, -0.2) is 34.0 Å². The first kappa shape index (κ1) is 27.1. The molecule has 2 aromatic carbocycles. The molecule has 4 N–H and O–H groups in total. The Hall–Kier alpha value is -2.47. The molecule has 1 unspecified atom stereocenters. The molecule has 0 amide bonds. The molecule has 4 rings (SSSR count). The van der Waals surface area contributed by atoms with Gasteiger partial charge >= 0.3 is 6.18 Å². The van der Waals surface area contributed by atoms with Crippen LogP contribution in [-0.2, 0) is 12.7 Å². The smallest absolute Gasteiger partial charge is 0.419 e. The Morgan fingerprint density at radius 2 is 1.86 bits per heavy atom. The Balaban J connectivity index is 0.000000241. The predicted molar refractivity (Wildman–Crippen MR) is 126 cm³/mol. The lowest BCUT2D eigenvalue weighted by Gasteiger charge is -2.27. The van der Waals surface area contributed by atoms with Crippen LogP contribution in [0.1, 0.15) is 42.1 Å². The fraction of sp³-hybridized carbons (Fsp3) is 0.375. The van der Waals surface area contributed by atoms with E-state index >= 15 is 0 Å². The summed E-state index contributed by atoms with van der Waals surface area (Å²) in [6.45, 7) is 0.876. The maximum Gasteiger partial charge on any atom is 0.419 e. The van der Waals surface area contributed by atoms with Crippen molar-refractivity contribution in [3.05, 3.63) is 71.1 Å². The number of aromatic nitrogens is 1. The first-order valence-electron chi connectivity index (χ1n) is 10.9. The molecular formula is C24H26F5N3O2S. The lowest BCUT2D eigenvalue weighted by atomic mass is 9.92. The average molecular weight is 516 g/mol. The van der Waals surface area contributed by atoms with E-state index in [0.717, 1.165) is 29.7 Å². The van der Waals surface area contributed by atoms with E-state index in [-0.39, 0.29) is 5.82 Å². The molecule has 0 saturated heterocycles. The monoisotopic (exact) mass is 515 g/mol. The zero-order valence-corrected chi connectivity index (χ0v) is 19.7. The standard InChI is InChI=1S/C17H22FN3OS.C7H4F4O/c1-23-21-10-17(22)13-7-16(18)15(9-20-11-3-2-4-11)12-5-6-19-8-14(12)13;8-6-2-1-4(12)3-5(6)7(9,10)11/h5-8,11,17,20-22H,2-4,9-10H2,1H3;1-3,12H. The summed E-state index contributed by atoms with van der Waals surface area (Å²) < 4.78 is 65.7. The second-order valence-corrected chi connectivity index (χ2v) is 8.78. The number of phenolic OH excluding ortho intramolecular Hbond substituents is 1. The first-order chi connectivity index (χ1) is 16.6. The van der Waals surface area contributed by atoms with Gasteiger partial charge in [0, 0.05) is 42.5 Å². The Bertz CT molecular complexity index is 1140. The number of nitrogens with one attached hydrogen (secondary N) is 2. The molecule has 1 aromatic heterocycles. The van der Waals surface area contributed by atoms with Gasteiger partial charge in [0.25, 0.3) is 0 Å². The molecule has 0 spiro atoms. The molecule has 1 fully saturated rings. The van der Waals surface area contributed by atoms with E-state index in [1.807, 2.05) is 12.3 Å². The van der Waals surface area contributed by atoms with Crippen LogP contribution in [0.15, 0.2) is 42.7 Å². The van der Waals surface area contributed by atoms with Crippen LogP contribution in [0.5, 0.6) is 5.75 Å². The summed E-state index contributed by atoms with van der Waals surface area (Å²) in [4.78, 5) is 4.15. The minimum Gasteiger partial charge on any atom is -0.508 e. The lowest BCUT2D eigenvalue weighted by molar-refractivity contribution is -0.140. The van der Waals surface area contributed by atoms with Crippen molar-refractivity contribution < 1.29 is 32.2 Å². The number of aliphatic hydroxyl groups is 1. The highest BCUT2D eigenvalue weighted by atomic mass is 32.2. The van der Waals surface area contributed by atoms with Crippen molar-refractivity contribution in [1.29, 1.82) is 0 Å². The van der Waals surface area contributed by atoms with Crippen LogP contribution >= 0.6 is 11.9 Å². The van der Waals surface area contributed by atoms with E-state index in [0.29, 0.717) is 42.4 Å². The lowest BCUT2D eigenvalue weighted by Crippen LogP contribution is -2.34. The minimum absolute atomic E-state index is 0.270. The normalized spacial score (nSPS) is 14.8. The van der Waals surface area contributed by atoms with E-state index in [4.69, 9.17) is 5.11 Å². The van der Waals surface area contributed by atoms with Crippen LogP contribution in [0.3, 0.4) is 0 Å². The number of hydrogen-bond donors (Lipinski definition) is 4. The highest BCUT2D eigenvalue weighted by molar-refractivity contribution is 7.96. The van der Waals surface area contributed by atoms with Gasteiger partial charge in [-0.2, -0.15) is 13.2 Å². The molecule has 1 aliphatic rings. The van der Waals surface area contributed by atoms with Gasteiger partial charge in [-0.15, -0.1) is 0 Å². The molecule has 1 saturated carbocycles. The van der Waals surface area contributed by atoms with E-state index in [1.165, 1.54) is 24.4 Å². The third-order valence-electron chi connectivity index (χ3n) is 5.74. The second-order valence-electron chi connectivity index (χ2n) is 8.09. The maximum atomic E-state index is 14.6. The molecule has 11 heteroatoms. The molecule has 0 bridgehead atoms. The number of aliphatic hydroxyl groups excluding tert-OH is 1. The zero-order chi connectivity index (χ0) is 25.6.